The molecule has 1 aliphatic heterocycles. The van der Waals surface area contributed by atoms with Crippen LogP contribution in [-0.2, 0) is 4.79 Å². The fraction of sp³-hybridized carbons (Fsp3) is 0.429. The van der Waals surface area contributed by atoms with E-state index in [-0.39, 0.29) is 24.5 Å². The summed E-state index contributed by atoms with van der Waals surface area (Å²) in [5, 5.41) is 0.819. The average Bonchev–Trinajstić information content (AvgIpc) is 2.96. The molecule has 3 rings (SSSR count). The Balaban J connectivity index is 1.89. The third-order valence-electron chi connectivity index (χ3n) is 3.86. The minimum atomic E-state index is -0.264. The van der Waals surface area contributed by atoms with Crippen molar-refractivity contribution >= 4 is 40.8 Å². The first-order valence-corrected chi connectivity index (χ1v) is 7.41. The molecule has 1 aliphatic carbocycles. The summed E-state index contributed by atoms with van der Waals surface area (Å²) in [6, 6.07) is 4.67. The zero-order valence-corrected chi connectivity index (χ0v) is 12.3. The van der Waals surface area contributed by atoms with E-state index in [0.717, 1.165) is 25.7 Å². The Bertz CT molecular complexity index is 550. The molecule has 0 spiro atoms. The summed E-state index contributed by atoms with van der Waals surface area (Å²) in [6.07, 6.45) is 4.18. The summed E-state index contributed by atoms with van der Waals surface area (Å²) in [5.74, 6) is -0.222. The lowest BCUT2D eigenvalue weighted by molar-refractivity contribution is -0.116. The van der Waals surface area contributed by atoms with Crippen molar-refractivity contribution in [3.63, 3.8) is 0 Å². The van der Waals surface area contributed by atoms with Gasteiger partial charge in [0.15, 0.2) is 0 Å². The standard InChI is InChI=1S/C14H14Cl2N2O2/c15-9-5-10(16)7-12(6-9)18-13(19)8-17(14(18)20)11-3-1-2-4-11/h5-7,11H,1-4,8H2. The van der Waals surface area contributed by atoms with E-state index in [9.17, 15) is 9.59 Å². The number of urea groups is 1. The highest BCUT2D eigenvalue weighted by Crippen LogP contribution is 2.32. The van der Waals surface area contributed by atoms with Crippen LogP contribution in [0.5, 0.6) is 0 Å². The second-order valence-electron chi connectivity index (χ2n) is 5.21. The third kappa shape index (κ3) is 2.38. The number of anilines is 1. The number of nitrogens with zero attached hydrogens (tertiary/aromatic N) is 2. The highest BCUT2D eigenvalue weighted by molar-refractivity contribution is 6.35. The second-order valence-corrected chi connectivity index (χ2v) is 6.08. The lowest BCUT2D eigenvalue weighted by atomic mass is 10.2. The molecule has 106 valence electrons. The van der Waals surface area contributed by atoms with Gasteiger partial charge in [-0.05, 0) is 31.0 Å². The molecule has 20 heavy (non-hydrogen) atoms. The smallest absolute Gasteiger partial charge is 0.312 e. The molecule has 2 aliphatic rings. The lowest BCUT2D eigenvalue weighted by Gasteiger charge is -2.23. The van der Waals surface area contributed by atoms with Crippen LogP contribution in [0.4, 0.5) is 10.5 Å². The summed E-state index contributed by atoms with van der Waals surface area (Å²) in [7, 11) is 0. The Labute approximate surface area is 127 Å². The largest absolute Gasteiger partial charge is 0.332 e. The second kappa shape index (κ2) is 5.26. The van der Waals surface area contributed by atoms with Gasteiger partial charge in [0.2, 0.25) is 0 Å². The van der Waals surface area contributed by atoms with E-state index in [1.165, 1.54) is 4.90 Å². The highest BCUT2D eigenvalue weighted by Gasteiger charge is 2.41. The number of carbonyl (C=O) groups is 2. The van der Waals surface area contributed by atoms with Crippen molar-refractivity contribution in [1.29, 1.82) is 0 Å². The number of amides is 3. The molecule has 0 aromatic heterocycles. The molecule has 4 nitrogen and oxygen atoms in total. The third-order valence-corrected chi connectivity index (χ3v) is 4.30. The number of rotatable bonds is 2. The molecule has 6 heteroatoms. The number of hydrogen-bond donors (Lipinski definition) is 0. The van der Waals surface area contributed by atoms with Gasteiger partial charge in [0.1, 0.15) is 6.54 Å². The average molecular weight is 313 g/mol. The van der Waals surface area contributed by atoms with Gasteiger partial charge in [0.05, 0.1) is 5.69 Å². The van der Waals surface area contributed by atoms with E-state index in [1.807, 2.05) is 0 Å². The van der Waals surface area contributed by atoms with Crippen LogP contribution < -0.4 is 4.90 Å². The number of hydrogen-bond acceptors (Lipinski definition) is 2. The minimum absolute atomic E-state index is 0.146. The lowest BCUT2D eigenvalue weighted by Crippen LogP contribution is -2.38. The van der Waals surface area contributed by atoms with Crippen molar-refractivity contribution in [3.05, 3.63) is 28.2 Å². The molecule has 3 amide bonds. The first kappa shape index (κ1) is 13.7. The van der Waals surface area contributed by atoms with Gasteiger partial charge in [0, 0.05) is 16.1 Å². The first-order chi connectivity index (χ1) is 9.56. The van der Waals surface area contributed by atoms with Crippen molar-refractivity contribution in [2.45, 2.75) is 31.7 Å². The van der Waals surface area contributed by atoms with Gasteiger partial charge < -0.3 is 4.90 Å². The van der Waals surface area contributed by atoms with Crippen LogP contribution in [0.3, 0.4) is 0 Å². The summed E-state index contributed by atoms with van der Waals surface area (Å²) < 4.78 is 0. The van der Waals surface area contributed by atoms with Crippen molar-refractivity contribution in [1.82, 2.24) is 4.90 Å². The maximum Gasteiger partial charge on any atom is 0.332 e. The van der Waals surface area contributed by atoms with Crippen LogP contribution in [-0.4, -0.2) is 29.4 Å². The maximum absolute atomic E-state index is 12.5. The van der Waals surface area contributed by atoms with Crippen LogP contribution >= 0.6 is 23.2 Å². The van der Waals surface area contributed by atoms with Crippen molar-refractivity contribution in [3.8, 4) is 0 Å². The summed E-state index contributed by atoms with van der Waals surface area (Å²) in [6.45, 7) is 0.146. The zero-order chi connectivity index (χ0) is 14.3. The molecule has 0 N–H and O–H groups in total. The predicted octanol–water partition coefficient (Wildman–Crippen LogP) is 3.70. The van der Waals surface area contributed by atoms with Crippen LogP contribution in [0, 0.1) is 0 Å². The van der Waals surface area contributed by atoms with Gasteiger partial charge in [-0.25, -0.2) is 9.69 Å². The van der Waals surface area contributed by atoms with Crippen LogP contribution in [0.1, 0.15) is 25.7 Å². The van der Waals surface area contributed by atoms with Gasteiger partial charge in [-0.1, -0.05) is 36.0 Å². The maximum atomic E-state index is 12.5. The molecular weight excluding hydrogens is 299 g/mol. The van der Waals surface area contributed by atoms with Crippen molar-refractivity contribution in [2.75, 3.05) is 11.4 Å². The van der Waals surface area contributed by atoms with Crippen LogP contribution in [0.25, 0.3) is 0 Å². The Morgan fingerprint density at radius 1 is 1.00 bits per heavy atom. The molecule has 0 atom stereocenters. The van der Waals surface area contributed by atoms with Gasteiger partial charge in [-0.3, -0.25) is 4.79 Å². The van der Waals surface area contributed by atoms with Gasteiger partial charge >= 0.3 is 6.03 Å². The van der Waals surface area contributed by atoms with Gasteiger partial charge in [-0.2, -0.15) is 0 Å². The Kier molecular flexibility index (Phi) is 3.61. The SMILES string of the molecule is O=C1CN(C2CCCC2)C(=O)N1c1cc(Cl)cc(Cl)c1. The van der Waals surface area contributed by atoms with E-state index < -0.39 is 0 Å². The molecule has 0 bridgehead atoms. The van der Waals surface area contributed by atoms with Gasteiger partial charge in [0.25, 0.3) is 5.91 Å². The Morgan fingerprint density at radius 2 is 1.60 bits per heavy atom. The number of imide groups is 1. The van der Waals surface area contributed by atoms with Crippen LogP contribution in [0.2, 0.25) is 10.0 Å². The fourth-order valence-electron chi connectivity index (χ4n) is 2.94. The Morgan fingerprint density at radius 3 is 2.20 bits per heavy atom. The summed E-state index contributed by atoms with van der Waals surface area (Å²) in [5.41, 5.74) is 0.443. The molecule has 1 saturated carbocycles. The van der Waals surface area contributed by atoms with E-state index in [4.69, 9.17) is 23.2 Å². The zero-order valence-electron chi connectivity index (χ0n) is 10.8. The van der Waals surface area contributed by atoms with Crippen LogP contribution in [0.15, 0.2) is 18.2 Å². The number of benzene rings is 1. The van der Waals surface area contributed by atoms with E-state index in [2.05, 4.69) is 0 Å². The van der Waals surface area contributed by atoms with E-state index >= 15 is 0 Å². The normalized spacial score (nSPS) is 20.3. The predicted molar refractivity (Wildman–Crippen MR) is 78.3 cm³/mol. The molecule has 1 aromatic rings. The molecule has 0 unspecified atom stereocenters. The fourth-order valence-corrected chi connectivity index (χ4v) is 3.46. The van der Waals surface area contributed by atoms with Gasteiger partial charge in [-0.15, -0.1) is 0 Å². The molecule has 2 fully saturated rings. The van der Waals surface area contributed by atoms with E-state index in [0.29, 0.717) is 15.7 Å². The molecule has 1 saturated heterocycles. The molecule has 1 aromatic carbocycles. The first-order valence-electron chi connectivity index (χ1n) is 6.66. The quantitative estimate of drug-likeness (QED) is 0.781. The van der Waals surface area contributed by atoms with E-state index in [1.54, 1.807) is 23.1 Å². The number of carbonyl (C=O) groups excluding carboxylic acids is 2. The topological polar surface area (TPSA) is 40.6 Å². The monoisotopic (exact) mass is 312 g/mol. The molecule has 1 heterocycles. The highest BCUT2D eigenvalue weighted by atomic mass is 35.5. The Hall–Kier alpha value is -1.26. The van der Waals surface area contributed by atoms with Crippen molar-refractivity contribution in [2.24, 2.45) is 0 Å². The molecular formula is C14H14Cl2N2O2. The molecule has 0 radical (unpaired) electrons. The summed E-state index contributed by atoms with van der Waals surface area (Å²) in [4.78, 5) is 27.5. The summed E-state index contributed by atoms with van der Waals surface area (Å²) >= 11 is 11.9. The number of halogens is 2. The van der Waals surface area contributed by atoms with Crippen molar-refractivity contribution < 1.29 is 9.59 Å². The minimum Gasteiger partial charge on any atom is -0.312 e.